The normalized spacial score (nSPS) is 16.1. The molecule has 1 aromatic rings. The van der Waals surface area contributed by atoms with Crippen molar-refractivity contribution < 1.29 is 14.3 Å². The number of hydrogen-bond donors (Lipinski definition) is 2. The predicted octanol–water partition coefficient (Wildman–Crippen LogP) is 1.44. The average molecular weight is 348 g/mol. The minimum absolute atomic E-state index is 0.121. The van der Waals surface area contributed by atoms with Crippen LogP contribution >= 0.6 is 0 Å². The van der Waals surface area contributed by atoms with Crippen LogP contribution in [-0.2, 0) is 4.79 Å². The minimum Gasteiger partial charge on any atom is -0.497 e. The van der Waals surface area contributed by atoms with Crippen LogP contribution < -0.4 is 20.3 Å². The molecule has 25 heavy (non-hydrogen) atoms. The Labute approximate surface area is 149 Å². The average Bonchev–Trinajstić information content (AvgIpc) is 2.61. The lowest BCUT2D eigenvalue weighted by Crippen LogP contribution is -2.52. The monoisotopic (exact) mass is 348 g/mol. The number of urea groups is 1. The van der Waals surface area contributed by atoms with Gasteiger partial charge in [0.05, 0.1) is 7.11 Å². The van der Waals surface area contributed by atoms with Gasteiger partial charge in [-0.05, 0) is 44.0 Å². The summed E-state index contributed by atoms with van der Waals surface area (Å²) in [5, 5.41) is 5.66. The van der Waals surface area contributed by atoms with Crippen LogP contribution in [0.2, 0.25) is 0 Å². The summed E-state index contributed by atoms with van der Waals surface area (Å²) in [5.41, 5.74) is 1.16. The number of anilines is 1. The van der Waals surface area contributed by atoms with Crippen molar-refractivity contribution in [1.82, 2.24) is 15.5 Å². The van der Waals surface area contributed by atoms with Crippen LogP contribution in [0.1, 0.15) is 19.8 Å². The lowest BCUT2D eigenvalue weighted by molar-refractivity contribution is -0.130. The van der Waals surface area contributed by atoms with Crippen molar-refractivity contribution in [3.63, 3.8) is 0 Å². The maximum Gasteiger partial charge on any atom is 0.315 e. The summed E-state index contributed by atoms with van der Waals surface area (Å²) in [7, 11) is 5.00. The molecule has 2 N–H and O–H groups in total. The molecule has 3 amide bonds. The molecule has 0 aromatic heterocycles. The molecular formula is C18H28N4O3. The van der Waals surface area contributed by atoms with Crippen LogP contribution in [0.3, 0.4) is 0 Å². The minimum atomic E-state index is -0.533. The molecule has 138 valence electrons. The third-order valence-corrected chi connectivity index (χ3v) is 4.43. The smallest absolute Gasteiger partial charge is 0.315 e. The molecule has 1 aromatic carbocycles. The van der Waals surface area contributed by atoms with Gasteiger partial charge in [-0.1, -0.05) is 0 Å². The molecule has 1 aliphatic heterocycles. The Morgan fingerprint density at radius 3 is 2.32 bits per heavy atom. The quantitative estimate of drug-likeness (QED) is 0.844. The molecule has 1 heterocycles. The molecule has 0 bridgehead atoms. The van der Waals surface area contributed by atoms with E-state index in [1.165, 1.54) is 4.90 Å². The Hall–Kier alpha value is -2.44. The number of likely N-dealkylation sites (N-methyl/N-ethyl adjacent to an activating group) is 1. The van der Waals surface area contributed by atoms with Crippen molar-refractivity contribution in [3.8, 4) is 5.75 Å². The highest BCUT2D eigenvalue weighted by Gasteiger charge is 2.23. The fraction of sp³-hybridized carbons (Fsp3) is 0.556. The molecule has 7 nitrogen and oxygen atoms in total. The lowest BCUT2D eigenvalue weighted by Gasteiger charge is -2.34. The van der Waals surface area contributed by atoms with E-state index in [1.54, 1.807) is 28.1 Å². The zero-order valence-corrected chi connectivity index (χ0v) is 15.4. The van der Waals surface area contributed by atoms with E-state index in [4.69, 9.17) is 4.74 Å². The van der Waals surface area contributed by atoms with E-state index in [0.29, 0.717) is 0 Å². The molecule has 1 aliphatic rings. The molecule has 0 aliphatic carbocycles. The molecule has 1 saturated heterocycles. The standard InChI is InChI=1S/C18H28N4O3/c1-13(17(23)21(2)3)19-18(24)20-14-9-11-22(12-10-14)15-5-7-16(25-4)8-6-15/h5-8,13-14H,9-12H2,1-4H3,(H2,19,20,24)/t13-/m0/s1. The van der Waals surface area contributed by atoms with Crippen LogP contribution in [0.15, 0.2) is 24.3 Å². The van der Waals surface area contributed by atoms with Gasteiger partial charge in [0.2, 0.25) is 5.91 Å². The fourth-order valence-electron chi connectivity index (χ4n) is 2.95. The van der Waals surface area contributed by atoms with Gasteiger partial charge < -0.3 is 25.2 Å². The Kier molecular flexibility index (Phi) is 6.50. The summed E-state index contributed by atoms with van der Waals surface area (Å²) >= 11 is 0. The first-order valence-electron chi connectivity index (χ1n) is 8.58. The second-order valence-electron chi connectivity index (χ2n) is 6.53. The van der Waals surface area contributed by atoms with Crippen LogP contribution in [0.25, 0.3) is 0 Å². The molecule has 7 heteroatoms. The zero-order chi connectivity index (χ0) is 18.4. The van der Waals surface area contributed by atoms with Gasteiger partial charge in [-0.2, -0.15) is 0 Å². The number of piperidine rings is 1. The van der Waals surface area contributed by atoms with Gasteiger partial charge in [0, 0.05) is 38.9 Å². The van der Waals surface area contributed by atoms with Gasteiger partial charge in [0.25, 0.3) is 0 Å². The van der Waals surface area contributed by atoms with Crippen LogP contribution in [-0.4, -0.2) is 63.2 Å². The second-order valence-corrected chi connectivity index (χ2v) is 6.53. The molecular weight excluding hydrogens is 320 g/mol. The number of carbonyl (C=O) groups excluding carboxylic acids is 2. The van der Waals surface area contributed by atoms with E-state index < -0.39 is 6.04 Å². The number of nitrogens with zero attached hydrogens (tertiary/aromatic N) is 2. The predicted molar refractivity (Wildman–Crippen MR) is 98.1 cm³/mol. The number of ether oxygens (including phenoxy) is 1. The van der Waals surface area contributed by atoms with Crippen molar-refractivity contribution in [2.24, 2.45) is 0 Å². The van der Waals surface area contributed by atoms with Crippen LogP contribution in [0.5, 0.6) is 5.75 Å². The van der Waals surface area contributed by atoms with E-state index >= 15 is 0 Å². The van der Waals surface area contributed by atoms with Crippen molar-refractivity contribution in [1.29, 1.82) is 0 Å². The number of benzene rings is 1. The molecule has 0 spiro atoms. The number of hydrogen-bond acceptors (Lipinski definition) is 4. The Bertz CT molecular complexity index is 580. The van der Waals surface area contributed by atoms with Gasteiger partial charge in [-0.15, -0.1) is 0 Å². The van der Waals surface area contributed by atoms with E-state index in [1.807, 2.05) is 24.3 Å². The van der Waals surface area contributed by atoms with E-state index in [-0.39, 0.29) is 18.0 Å². The molecule has 0 saturated carbocycles. The molecule has 2 rings (SSSR count). The first-order valence-corrected chi connectivity index (χ1v) is 8.58. The molecule has 0 radical (unpaired) electrons. The summed E-state index contributed by atoms with van der Waals surface area (Å²) < 4.78 is 5.18. The van der Waals surface area contributed by atoms with E-state index in [9.17, 15) is 9.59 Å². The summed E-state index contributed by atoms with van der Waals surface area (Å²) in [6, 6.07) is 7.31. The summed E-state index contributed by atoms with van der Waals surface area (Å²) in [5.74, 6) is 0.725. The Morgan fingerprint density at radius 1 is 1.20 bits per heavy atom. The van der Waals surface area contributed by atoms with Gasteiger partial charge in [0.1, 0.15) is 11.8 Å². The first-order chi connectivity index (χ1) is 11.9. The lowest BCUT2D eigenvalue weighted by atomic mass is 10.0. The maximum atomic E-state index is 12.1. The molecule has 0 unspecified atom stereocenters. The number of carbonyl (C=O) groups is 2. The zero-order valence-electron chi connectivity index (χ0n) is 15.4. The SMILES string of the molecule is COc1ccc(N2CCC(NC(=O)N[C@@H](C)C(=O)N(C)C)CC2)cc1. The highest BCUT2D eigenvalue weighted by molar-refractivity contribution is 5.86. The van der Waals surface area contributed by atoms with Crippen molar-refractivity contribution in [3.05, 3.63) is 24.3 Å². The number of rotatable bonds is 5. The van der Waals surface area contributed by atoms with Crippen molar-refractivity contribution in [2.75, 3.05) is 39.2 Å². The second kappa shape index (κ2) is 8.60. The van der Waals surface area contributed by atoms with Gasteiger partial charge >= 0.3 is 6.03 Å². The van der Waals surface area contributed by atoms with Gasteiger partial charge in [0.15, 0.2) is 0 Å². The third-order valence-electron chi connectivity index (χ3n) is 4.43. The maximum absolute atomic E-state index is 12.1. The van der Waals surface area contributed by atoms with E-state index in [0.717, 1.165) is 37.4 Å². The van der Waals surface area contributed by atoms with Gasteiger partial charge in [-0.3, -0.25) is 4.79 Å². The number of nitrogens with one attached hydrogen (secondary N) is 2. The topological polar surface area (TPSA) is 73.9 Å². The fourth-order valence-corrected chi connectivity index (χ4v) is 2.95. The summed E-state index contributed by atoms with van der Waals surface area (Å²) in [6.07, 6.45) is 1.74. The number of amides is 3. The number of methoxy groups -OCH3 is 1. The van der Waals surface area contributed by atoms with Crippen LogP contribution in [0, 0.1) is 0 Å². The molecule has 1 atom stereocenters. The summed E-state index contributed by atoms with van der Waals surface area (Å²) in [6.45, 7) is 3.45. The highest BCUT2D eigenvalue weighted by Crippen LogP contribution is 2.22. The Morgan fingerprint density at radius 2 is 1.80 bits per heavy atom. The van der Waals surface area contributed by atoms with Crippen molar-refractivity contribution >= 4 is 17.6 Å². The van der Waals surface area contributed by atoms with E-state index in [2.05, 4.69) is 15.5 Å². The molecule has 1 fully saturated rings. The highest BCUT2D eigenvalue weighted by atomic mass is 16.5. The van der Waals surface area contributed by atoms with Crippen LogP contribution in [0.4, 0.5) is 10.5 Å². The largest absolute Gasteiger partial charge is 0.497 e. The first kappa shape index (κ1) is 18.9. The van der Waals surface area contributed by atoms with Crippen molar-refractivity contribution in [2.45, 2.75) is 31.8 Å². The Balaban J connectivity index is 1.77. The summed E-state index contributed by atoms with van der Waals surface area (Å²) in [4.78, 5) is 27.6. The third kappa shape index (κ3) is 5.27. The van der Waals surface area contributed by atoms with Gasteiger partial charge in [-0.25, -0.2) is 4.79 Å².